The third-order valence-electron chi connectivity index (χ3n) is 4.49. The highest BCUT2D eigenvalue weighted by molar-refractivity contribution is 5.94. The highest BCUT2D eigenvalue weighted by atomic mass is 16.6. The van der Waals surface area contributed by atoms with Gasteiger partial charge in [-0.05, 0) is 17.7 Å². The van der Waals surface area contributed by atoms with Crippen molar-refractivity contribution >= 4 is 12.0 Å². The fourth-order valence-corrected chi connectivity index (χ4v) is 3.10. The molecule has 2 fully saturated rings. The predicted octanol–water partition coefficient (Wildman–Crippen LogP) is 1.24. The molecule has 1 aromatic rings. The molecule has 2 aliphatic rings. The second kappa shape index (κ2) is 5.61. The van der Waals surface area contributed by atoms with E-state index in [1.54, 1.807) is 41.1 Å². The summed E-state index contributed by atoms with van der Waals surface area (Å²) >= 11 is 0. The smallest absolute Gasteiger partial charge is 0.410 e. The topological polar surface area (TPSA) is 70.1 Å². The number of aliphatic hydroxyl groups excluding tert-OH is 1. The second-order valence-corrected chi connectivity index (χ2v) is 6.05. The molecule has 0 unspecified atom stereocenters. The van der Waals surface area contributed by atoms with Gasteiger partial charge in [0.15, 0.2) is 0 Å². The molecule has 2 aliphatic heterocycles. The summed E-state index contributed by atoms with van der Waals surface area (Å²) in [6, 6.07) is 6.99. The molecular weight excluding hydrogens is 284 g/mol. The van der Waals surface area contributed by atoms with Gasteiger partial charge in [-0.3, -0.25) is 4.79 Å². The fraction of sp³-hybridized carbons (Fsp3) is 0.500. The first-order chi connectivity index (χ1) is 10.5. The van der Waals surface area contributed by atoms with Gasteiger partial charge >= 0.3 is 6.09 Å². The van der Waals surface area contributed by atoms with Crippen molar-refractivity contribution in [2.45, 2.75) is 25.0 Å². The Morgan fingerprint density at radius 1 is 1.27 bits per heavy atom. The number of piperidine rings is 1. The normalized spacial score (nSPS) is 20.4. The maximum absolute atomic E-state index is 12.5. The van der Waals surface area contributed by atoms with Crippen molar-refractivity contribution in [3.63, 3.8) is 0 Å². The highest BCUT2D eigenvalue weighted by Gasteiger charge is 2.46. The van der Waals surface area contributed by atoms with Gasteiger partial charge in [-0.15, -0.1) is 0 Å². The minimum atomic E-state index is -0.427. The van der Waals surface area contributed by atoms with Crippen molar-refractivity contribution in [1.82, 2.24) is 9.80 Å². The van der Waals surface area contributed by atoms with E-state index in [0.717, 1.165) is 5.56 Å². The lowest BCUT2D eigenvalue weighted by Crippen LogP contribution is -2.48. The minimum Gasteiger partial charge on any atom is -0.441 e. The van der Waals surface area contributed by atoms with Crippen LogP contribution in [0.5, 0.6) is 0 Å². The fourth-order valence-electron chi connectivity index (χ4n) is 3.10. The lowest BCUT2D eigenvalue weighted by Gasteiger charge is -2.37. The number of ether oxygens (including phenoxy) is 1. The highest BCUT2D eigenvalue weighted by Crippen LogP contribution is 2.32. The van der Waals surface area contributed by atoms with Crippen LogP contribution in [-0.2, 0) is 11.3 Å². The number of rotatable bonds is 2. The van der Waals surface area contributed by atoms with E-state index >= 15 is 0 Å². The molecule has 1 N–H and O–H groups in total. The summed E-state index contributed by atoms with van der Waals surface area (Å²) in [5.74, 6) is -0.0167. The zero-order valence-electron chi connectivity index (χ0n) is 12.6. The SMILES string of the molecule is CN1CC2(CCN(C(=O)c3ccc(CO)cc3)CC2)OC1=O. The standard InChI is InChI=1S/C16H20N2O4/c1-17-11-16(22-15(17)21)6-8-18(9-7-16)14(20)13-4-2-12(10-19)3-5-13/h2-5,19H,6-11H2,1H3. The quantitative estimate of drug-likeness (QED) is 0.892. The van der Waals surface area contributed by atoms with E-state index in [0.29, 0.717) is 38.0 Å². The summed E-state index contributed by atoms with van der Waals surface area (Å²) in [6.07, 6.45) is 1.06. The lowest BCUT2D eigenvalue weighted by molar-refractivity contribution is 0.00317. The van der Waals surface area contributed by atoms with Crippen molar-refractivity contribution in [2.24, 2.45) is 0 Å². The van der Waals surface area contributed by atoms with Gasteiger partial charge in [0.25, 0.3) is 5.91 Å². The molecule has 0 saturated carbocycles. The third-order valence-corrected chi connectivity index (χ3v) is 4.49. The Morgan fingerprint density at radius 2 is 1.91 bits per heavy atom. The maximum atomic E-state index is 12.5. The van der Waals surface area contributed by atoms with Crippen molar-refractivity contribution in [3.8, 4) is 0 Å². The number of likely N-dealkylation sites (tertiary alicyclic amines) is 1. The van der Waals surface area contributed by atoms with Crippen molar-refractivity contribution in [2.75, 3.05) is 26.7 Å². The Balaban J connectivity index is 1.63. The number of aliphatic hydroxyl groups is 1. The van der Waals surface area contributed by atoms with E-state index in [9.17, 15) is 9.59 Å². The predicted molar refractivity (Wildman–Crippen MR) is 79.3 cm³/mol. The summed E-state index contributed by atoms with van der Waals surface area (Å²) in [7, 11) is 1.73. The van der Waals surface area contributed by atoms with E-state index in [1.807, 2.05) is 0 Å². The molecule has 0 aliphatic carbocycles. The molecule has 2 saturated heterocycles. The summed E-state index contributed by atoms with van der Waals surface area (Å²) < 4.78 is 5.49. The zero-order chi connectivity index (χ0) is 15.7. The van der Waals surface area contributed by atoms with Crippen LogP contribution < -0.4 is 0 Å². The largest absolute Gasteiger partial charge is 0.441 e. The van der Waals surface area contributed by atoms with Gasteiger partial charge in [-0.2, -0.15) is 0 Å². The number of benzene rings is 1. The average molecular weight is 304 g/mol. The number of hydrogen-bond donors (Lipinski definition) is 1. The lowest BCUT2D eigenvalue weighted by atomic mass is 9.91. The molecule has 0 atom stereocenters. The van der Waals surface area contributed by atoms with E-state index in [-0.39, 0.29) is 18.6 Å². The Labute approximate surface area is 129 Å². The van der Waals surface area contributed by atoms with Gasteiger partial charge in [-0.1, -0.05) is 12.1 Å². The Morgan fingerprint density at radius 3 is 2.41 bits per heavy atom. The number of amides is 2. The molecule has 0 radical (unpaired) electrons. The van der Waals surface area contributed by atoms with Crippen molar-refractivity contribution in [3.05, 3.63) is 35.4 Å². The first-order valence-electron chi connectivity index (χ1n) is 7.46. The van der Waals surface area contributed by atoms with Crippen molar-refractivity contribution in [1.29, 1.82) is 0 Å². The van der Waals surface area contributed by atoms with Crippen LogP contribution in [-0.4, -0.2) is 59.2 Å². The number of carbonyl (C=O) groups excluding carboxylic acids is 2. The summed E-state index contributed by atoms with van der Waals surface area (Å²) in [6.45, 7) is 1.74. The van der Waals surface area contributed by atoms with Gasteiger partial charge in [0.1, 0.15) is 5.60 Å². The van der Waals surface area contributed by atoms with Crippen LogP contribution >= 0.6 is 0 Å². The molecule has 3 rings (SSSR count). The monoisotopic (exact) mass is 304 g/mol. The van der Waals surface area contributed by atoms with Gasteiger partial charge in [0.05, 0.1) is 13.2 Å². The Kier molecular flexibility index (Phi) is 3.78. The van der Waals surface area contributed by atoms with Gasteiger partial charge < -0.3 is 19.6 Å². The molecule has 2 heterocycles. The second-order valence-electron chi connectivity index (χ2n) is 6.05. The van der Waals surface area contributed by atoms with Crippen LogP contribution in [0.3, 0.4) is 0 Å². The zero-order valence-corrected chi connectivity index (χ0v) is 12.6. The first-order valence-corrected chi connectivity index (χ1v) is 7.46. The number of carbonyl (C=O) groups is 2. The van der Waals surface area contributed by atoms with Crippen LogP contribution in [0.15, 0.2) is 24.3 Å². The molecular formula is C16H20N2O4. The van der Waals surface area contributed by atoms with Gasteiger partial charge in [0, 0.05) is 38.5 Å². The maximum Gasteiger partial charge on any atom is 0.410 e. The summed E-state index contributed by atoms with van der Waals surface area (Å²) in [5.41, 5.74) is 0.979. The van der Waals surface area contributed by atoms with Gasteiger partial charge in [-0.25, -0.2) is 4.79 Å². The first kappa shape index (κ1) is 14.8. The molecule has 0 aromatic heterocycles. The summed E-state index contributed by atoms with van der Waals surface area (Å²) in [5, 5.41) is 9.04. The molecule has 118 valence electrons. The molecule has 2 amide bonds. The molecule has 1 aromatic carbocycles. The molecule has 6 nitrogen and oxygen atoms in total. The Hall–Kier alpha value is -2.08. The van der Waals surface area contributed by atoms with E-state index in [1.165, 1.54) is 0 Å². The molecule has 6 heteroatoms. The van der Waals surface area contributed by atoms with E-state index < -0.39 is 5.60 Å². The van der Waals surface area contributed by atoms with Crippen LogP contribution in [0, 0.1) is 0 Å². The van der Waals surface area contributed by atoms with Crippen molar-refractivity contribution < 1.29 is 19.4 Å². The van der Waals surface area contributed by atoms with E-state index in [2.05, 4.69) is 0 Å². The van der Waals surface area contributed by atoms with E-state index in [4.69, 9.17) is 9.84 Å². The summed E-state index contributed by atoms with van der Waals surface area (Å²) in [4.78, 5) is 27.4. The van der Waals surface area contributed by atoms with Gasteiger partial charge in [0.2, 0.25) is 0 Å². The molecule has 0 bridgehead atoms. The Bertz CT molecular complexity index is 576. The number of likely N-dealkylation sites (N-methyl/N-ethyl adjacent to an activating group) is 1. The average Bonchev–Trinajstić information content (AvgIpc) is 2.81. The number of nitrogens with zero attached hydrogens (tertiary/aromatic N) is 2. The molecule has 22 heavy (non-hydrogen) atoms. The third kappa shape index (κ3) is 2.66. The minimum absolute atomic E-state index is 0.0167. The van der Waals surface area contributed by atoms with Crippen LogP contribution in [0.1, 0.15) is 28.8 Å². The van der Waals surface area contributed by atoms with Crippen LogP contribution in [0.25, 0.3) is 0 Å². The number of hydrogen-bond acceptors (Lipinski definition) is 4. The van der Waals surface area contributed by atoms with Crippen LogP contribution in [0.2, 0.25) is 0 Å². The van der Waals surface area contributed by atoms with Crippen LogP contribution in [0.4, 0.5) is 4.79 Å². The molecule has 1 spiro atoms.